The largest absolute Gasteiger partial charge is 0.350 e. The number of rotatable bonds is 8. The maximum atomic E-state index is 13.0. The fourth-order valence-corrected chi connectivity index (χ4v) is 5.36. The molecule has 2 heterocycles. The Morgan fingerprint density at radius 1 is 0.971 bits per heavy atom. The van der Waals surface area contributed by atoms with Crippen LogP contribution in [-0.4, -0.2) is 38.0 Å². The van der Waals surface area contributed by atoms with Crippen molar-refractivity contribution in [2.75, 3.05) is 7.05 Å². The van der Waals surface area contributed by atoms with E-state index >= 15 is 0 Å². The van der Waals surface area contributed by atoms with E-state index in [1.165, 1.54) is 22.9 Å². The van der Waals surface area contributed by atoms with Gasteiger partial charge in [0.05, 0.1) is 11.7 Å². The van der Waals surface area contributed by atoms with Gasteiger partial charge in [0, 0.05) is 32.0 Å². The number of benzene rings is 3. The van der Waals surface area contributed by atoms with Crippen LogP contribution in [0.2, 0.25) is 0 Å². The van der Waals surface area contributed by atoms with Crippen LogP contribution in [0.15, 0.2) is 72.8 Å². The minimum Gasteiger partial charge on any atom is -0.350 e. The van der Waals surface area contributed by atoms with Crippen LogP contribution in [0.25, 0.3) is 22.2 Å². The van der Waals surface area contributed by atoms with Gasteiger partial charge in [-0.2, -0.15) is 8.75 Å². The predicted molar refractivity (Wildman–Crippen MR) is 139 cm³/mol. The summed E-state index contributed by atoms with van der Waals surface area (Å²) in [6.07, 6.45) is 2.99. The Balaban J connectivity index is 1.23. The highest BCUT2D eigenvalue weighted by Crippen LogP contribution is 2.31. The summed E-state index contributed by atoms with van der Waals surface area (Å²) in [4.78, 5) is 26.9. The van der Waals surface area contributed by atoms with Crippen molar-refractivity contribution in [2.45, 2.75) is 44.2 Å². The van der Waals surface area contributed by atoms with E-state index in [4.69, 9.17) is 0 Å². The first kappa shape index (κ1) is 23.2. The van der Waals surface area contributed by atoms with Crippen LogP contribution < -0.4 is 5.32 Å². The van der Waals surface area contributed by atoms with Gasteiger partial charge in [0.15, 0.2) is 0 Å². The molecule has 0 unspecified atom stereocenters. The third-order valence-electron chi connectivity index (χ3n) is 6.82. The lowest BCUT2D eigenvalue weighted by atomic mass is 9.84. The van der Waals surface area contributed by atoms with E-state index in [0.717, 1.165) is 35.0 Å². The highest BCUT2D eigenvalue weighted by Gasteiger charge is 2.38. The molecule has 1 fully saturated rings. The number of fused-ring (bicyclic) bond motifs is 1. The molecule has 5 rings (SSSR count). The zero-order valence-corrected chi connectivity index (χ0v) is 20.6. The summed E-state index contributed by atoms with van der Waals surface area (Å²) in [6.45, 7) is 0.520. The van der Waals surface area contributed by atoms with Gasteiger partial charge in [0.1, 0.15) is 11.0 Å². The Bertz CT molecular complexity index is 1340. The molecular weight excluding hydrogens is 456 g/mol. The maximum Gasteiger partial charge on any atom is 0.222 e. The second-order valence-electron chi connectivity index (χ2n) is 9.41. The Morgan fingerprint density at radius 3 is 2.43 bits per heavy atom. The fourth-order valence-electron chi connectivity index (χ4n) is 4.84. The summed E-state index contributed by atoms with van der Waals surface area (Å²) < 4.78 is 8.52. The Kier molecular flexibility index (Phi) is 6.59. The topological polar surface area (TPSA) is 75.2 Å². The first-order valence-electron chi connectivity index (χ1n) is 11.9. The quantitative estimate of drug-likeness (QED) is 0.382. The average molecular weight is 485 g/mol. The number of carbonyl (C=O) groups is 2. The van der Waals surface area contributed by atoms with Gasteiger partial charge >= 0.3 is 0 Å². The molecule has 2 amide bonds. The number of carbonyl (C=O) groups excluding carboxylic acids is 2. The highest BCUT2D eigenvalue weighted by atomic mass is 32.1. The molecule has 178 valence electrons. The molecule has 1 aliphatic rings. The second-order valence-corrected chi connectivity index (χ2v) is 9.93. The molecule has 1 N–H and O–H groups in total. The lowest BCUT2D eigenvalue weighted by molar-refractivity contribution is -0.131. The number of hydrogen-bond donors (Lipinski definition) is 1. The Labute approximate surface area is 209 Å². The van der Waals surface area contributed by atoms with E-state index in [-0.39, 0.29) is 17.4 Å². The van der Waals surface area contributed by atoms with Crippen LogP contribution in [0.4, 0.5) is 0 Å². The van der Waals surface area contributed by atoms with Crippen molar-refractivity contribution >= 4 is 34.6 Å². The van der Waals surface area contributed by atoms with E-state index in [1.807, 2.05) is 43.4 Å². The van der Waals surface area contributed by atoms with Crippen molar-refractivity contribution in [3.05, 3.63) is 83.9 Å². The first-order chi connectivity index (χ1) is 17.0. The fraction of sp³-hybridized carbons (Fsp3) is 0.286. The monoisotopic (exact) mass is 484 g/mol. The smallest absolute Gasteiger partial charge is 0.222 e. The van der Waals surface area contributed by atoms with Crippen LogP contribution in [-0.2, 0) is 22.6 Å². The summed E-state index contributed by atoms with van der Waals surface area (Å²) in [5.41, 5.74) is 5.90. The van der Waals surface area contributed by atoms with Gasteiger partial charge in [-0.25, -0.2) is 0 Å². The molecule has 6 nitrogen and oxygen atoms in total. The van der Waals surface area contributed by atoms with Crippen molar-refractivity contribution in [1.82, 2.24) is 19.0 Å². The third kappa shape index (κ3) is 5.41. The molecule has 1 atom stereocenters. The average Bonchev–Trinajstić information content (AvgIpc) is 3.49. The summed E-state index contributed by atoms with van der Waals surface area (Å²) in [5, 5.41) is 3.20. The molecule has 1 aromatic heterocycles. The molecule has 3 aromatic carbocycles. The SMILES string of the molecule is CN(Cc1ccc2nsnc2c1)C(=O)CC[C@@]1(Cc2ccc(-c3ccccc3)cc2)CCC(=O)N1. The lowest BCUT2D eigenvalue weighted by Crippen LogP contribution is -2.44. The van der Waals surface area contributed by atoms with E-state index in [2.05, 4.69) is 50.5 Å². The second kappa shape index (κ2) is 9.96. The Hall–Kier alpha value is -3.58. The minimum atomic E-state index is -0.382. The van der Waals surface area contributed by atoms with E-state index < -0.39 is 0 Å². The van der Waals surface area contributed by atoms with E-state index in [0.29, 0.717) is 25.8 Å². The third-order valence-corrected chi connectivity index (χ3v) is 7.38. The van der Waals surface area contributed by atoms with Gasteiger partial charge in [0.25, 0.3) is 0 Å². The van der Waals surface area contributed by atoms with Gasteiger partial charge in [-0.3, -0.25) is 9.59 Å². The molecule has 0 spiro atoms. The molecule has 0 bridgehead atoms. The van der Waals surface area contributed by atoms with Crippen LogP contribution in [0.1, 0.15) is 36.8 Å². The van der Waals surface area contributed by atoms with Crippen molar-refractivity contribution in [1.29, 1.82) is 0 Å². The summed E-state index contributed by atoms with van der Waals surface area (Å²) in [7, 11) is 1.83. The zero-order chi connectivity index (χ0) is 24.3. The van der Waals surface area contributed by atoms with Crippen molar-refractivity contribution in [2.24, 2.45) is 0 Å². The van der Waals surface area contributed by atoms with Crippen molar-refractivity contribution < 1.29 is 9.59 Å². The number of aromatic nitrogens is 2. The van der Waals surface area contributed by atoms with Crippen LogP contribution in [0.3, 0.4) is 0 Å². The van der Waals surface area contributed by atoms with Gasteiger partial charge in [-0.15, -0.1) is 0 Å². The van der Waals surface area contributed by atoms with Gasteiger partial charge < -0.3 is 10.2 Å². The van der Waals surface area contributed by atoms with Crippen LogP contribution >= 0.6 is 11.7 Å². The number of hydrogen-bond acceptors (Lipinski definition) is 5. The van der Waals surface area contributed by atoms with Crippen LogP contribution in [0.5, 0.6) is 0 Å². The molecular formula is C28H28N4O2S. The van der Waals surface area contributed by atoms with Crippen molar-refractivity contribution in [3.8, 4) is 11.1 Å². The zero-order valence-electron chi connectivity index (χ0n) is 19.7. The predicted octanol–water partition coefficient (Wildman–Crippen LogP) is 4.99. The molecule has 1 aliphatic heterocycles. The molecule has 4 aromatic rings. The Morgan fingerprint density at radius 2 is 1.69 bits per heavy atom. The van der Waals surface area contributed by atoms with Crippen molar-refractivity contribution in [3.63, 3.8) is 0 Å². The number of nitrogens with zero attached hydrogens (tertiary/aromatic N) is 3. The lowest BCUT2D eigenvalue weighted by Gasteiger charge is -2.30. The first-order valence-corrected chi connectivity index (χ1v) is 12.6. The van der Waals surface area contributed by atoms with E-state index in [9.17, 15) is 9.59 Å². The minimum absolute atomic E-state index is 0.0666. The standard InChI is InChI=1S/C28H28N4O2S/c1-32(19-21-9-12-24-25(17-21)31-35-30-24)27(34)14-16-28(15-13-26(33)29-28)18-20-7-10-23(11-8-20)22-5-3-2-4-6-22/h2-12,17H,13-16,18-19H2,1H3,(H,29,33)/t28-/m1/s1. The number of amides is 2. The molecule has 0 saturated carbocycles. The van der Waals surface area contributed by atoms with Crippen LogP contribution in [0, 0.1) is 0 Å². The van der Waals surface area contributed by atoms with Gasteiger partial charge in [0.2, 0.25) is 11.8 Å². The summed E-state index contributed by atoms with van der Waals surface area (Å²) in [5.74, 6) is 0.137. The number of nitrogens with one attached hydrogen (secondary N) is 1. The molecule has 1 saturated heterocycles. The van der Waals surface area contributed by atoms with E-state index in [1.54, 1.807) is 4.90 Å². The van der Waals surface area contributed by atoms with Gasteiger partial charge in [-0.05, 0) is 53.6 Å². The molecule has 7 heteroatoms. The summed E-state index contributed by atoms with van der Waals surface area (Å²) >= 11 is 1.19. The molecule has 0 radical (unpaired) electrons. The maximum absolute atomic E-state index is 13.0. The normalized spacial score (nSPS) is 17.5. The molecule has 0 aliphatic carbocycles. The summed E-state index contributed by atoms with van der Waals surface area (Å²) in [6, 6.07) is 24.7. The molecule has 35 heavy (non-hydrogen) atoms. The highest BCUT2D eigenvalue weighted by molar-refractivity contribution is 7.00. The van der Waals surface area contributed by atoms with Gasteiger partial charge in [-0.1, -0.05) is 60.7 Å².